The molecule has 0 aliphatic heterocycles. The topological polar surface area (TPSA) is 105 Å². The number of aromatic amines is 1. The quantitative estimate of drug-likeness (QED) is 0.212. The van der Waals surface area contributed by atoms with E-state index < -0.39 is 17.6 Å². The van der Waals surface area contributed by atoms with Crippen LogP contribution in [0, 0.1) is 29.4 Å². The van der Waals surface area contributed by atoms with Gasteiger partial charge in [-0.15, -0.1) is 0 Å². The molecular weight excluding hydrogens is 522 g/mol. The Kier molecular flexibility index (Phi) is 7.22. The molecule has 6 nitrogen and oxygen atoms in total. The molecule has 0 saturated heterocycles. The molecule has 208 valence electrons. The Balaban J connectivity index is 0.000000229. The summed E-state index contributed by atoms with van der Waals surface area (Å²) in [5.41, 5.74) is 10.4. The zero-order valence-electron chi connectivity index (χ0n) is 22.4. The van der Waals surface area contributed by atoms with E-state index in [0.717, 1.165) is 35.1 Å². The number of nitrogens with two attached hydrogens (primary N) is 1. The molecule has 3 aromatic carbocycles. The number of H-pyrrole nitrogens is 1. The summed E-state index contributed by atoms with van der Waals surface area (Å²) in [6.45, 7) is 0. The van der Waals surface area contributed by atoms with Crippen LogP contribution in [0.25, 0.3) is 44.7 Å². The number of hydrogen-bond donors (Lipinski definition) is 3. The summed E-state index contributed by atoms with van der Waals surface area (Å²) in [5.74, 6) is -0.0689. The van der Waals surface area contributed by atoms with Gasteiger partial charge in [0.25, 0.3) is 0 Å². The van der Waals surface area contributed by atoms with Crippen molar-refractivity contribution in [2.45, 2.75) is 32.1 Å². The number of anilines is 1. The molecule has 1 unspecified atom stereocenters. The number of nitrogens with one attached hydrogen (secondary N) is 1. The van der Waals surface area contributed by atoms with Gasteiger partial charge in [-0.2, -0.15) is 0 Å². The van der Waals surface area contributed by atoms with E-state index in [1.807, 2.05) is 54.6 Å². The lowest BCUT2D eigenvalue weighted by molar-refractivity contribution is -0.147. The fraction of sp³-hybridized carbons (Fsp3) is 0.242. The van der Waals surface area contributed by atoms with Gasteiger partial charge in [0.2, 0.25) is 0 Å². The molecule has 1 atom stereocenters. The molecule has 2 bridgehead atoms. The van der Waals surface area contributed by atoms with Crippen molar-refractivity contribution in [3.63, 3.8) is 0 Å². The third-order valence-corrected chi connectivity index (χ3v) is 8.35. The maximum absolute atomic E-state index is 14.0. The average Bonchev–Trinajstić information content (AvgIpc) is 3.43. The van der Waals surface area contributed by atoms with Crippen molar-refractivity contribution in [3.8, 4) is 33.8 Å². The van der Waals surface area contributed by atoms with Crippen LogP contribution in [0.5, 0.6) is 0 Å². The molecule has 8 heteroatoms. The first kappa shape index (κ1) is 26.6. The molecule has 3 fully saturated rings. The number of rotatable bonds is 4. The molecule has 4 N–H and O–H groups in total. The summed E-state index contributed by atoms with van der Waals surface area (Å²) in [4.78, 5) is 22.4. The van der Waals surface area contributed by atoms with Gasteiger partial charge in [-0.3, -0.25) is 4.79 Å². The smallest absolute Gasteiger partial charge is 0.306 e. The molecule has 0 radical (unpaired) electrons. The van der Waals surface area contributed by atoms with Crippen LogP contribution in [0.4, 0.5) is 14.6 Å². The van der Waals surface area contributed by atoms with E-state index in [2.05, 4.69) is 15.0 Å². The van der Waals surface area contributed by atoms with E-state index in [1.54, 1.807) is 12.3 Å². The zero-order valence-corrected chi connectivity index (χ0v) is 22.4. The largest absolute Gasteiger partial charge is 0.481 e. The fourth-order valence-electron chi connectivity index (χ4n) is 6.22. The lowest BCUT2D eigenvalue weighted by Crippen LogP contribution is -2.35. The highest BCUT2D eigenvalue weighted by Crippen LogP contribution is 2.44. The van der Waals surface area contributed by atoms with E-state index in [0.29, 0.717) is 28.4 Å². The number of halogens is 2. The summed E-state index contributed by atoms with van der Waals surface area (Å²) < 4.78 is 27.8. The molecule has 8 rings (SSSR count). The Labute approximate surface area is 236 Å². The van der Waals surface area contributed by atoms with Crippen molar-refractivity contribution in [1.82, 2.24) is 15.0 Å². The molecule has 3 aliphatic rings. The Morgan fingerprint density at radius 3 is 2.20 bits per heavy atom. The van der Waals surface area contributed by atoms with Gasteiger partial charge in [0.05, 0.1) is 17.1 Å². The number of aromatic nitrogens is 3. The van der Waals surface area contributed by atoms with Crippen LogP contribution in [0.1, 0.15) is 32.1 Å². The second-order valence-electron chi connectivity index (χ2n) is 10.9. The normalized spacial score (nSPS) is 19.5. The van der Waals surface area contributed by atoms with Gasteiger partial charge in [-0.05, 0) is 48.3 Å². The predicted molar refractivity (Wildman–Crippen MR) is 156 cm³/mol. The number of hydrogen-bond acceptors (Lipinski definition) is 4. The molecule has 41 heavy (non-hydrogen) atoms. The van der Waals surface area contributed by atoms with Gasteiger partial charge in [-0.1, -0.05) is 67.4 Å². The van der Waals surface area contributed by atoms with Crippen LogP contribution in [0.2, 0.25) is 0 Å². The van der Waals surface area contributed by atoms with Crippen LogP contribution in [0.3, 0.4) is 0 Å². The van der Waals surface area contributed by atoms with Crippen LogP contribution in [-0.2, 0) is 4.79 Å². The van der Waals surface area contributed by atoms with Crippen molar-refractivity contribution >= 4 is 22.7 Å². The standard InChI is InChI=1S/C24H16F2N4.C9H14O2/c25-17-10-18-19(13-28-23(18)20(26)11-17)24-29-21(12-22(27)30-24)16-8-6-15(7-9-16)14-4-2-1-3-5-14;10-9(11)8-5-6-1-3-7(8)4-2-6/h1-13,28H,(H2,27,29,30);6-8H,1-5H2,(H,10,11). The highest BCUT2D eigenvalue weighted by atomic mass is 19.1. The molecule has 0 amide bonds. The predicted octanol–water partition coefficient (Wildman–Crippen LogP) is 7.72. The van der Waals surface area contributed by atoms with Gasteiger partial charge >= 0.3 is 5.97 Å². The highest BCUT2D eigenvalue weighted by Gasteiger charge is 2.39. The summed E-state index contributed by atoms with van der Waals surface area (Å²) in [6, 6.07) is 21.8. The van der Waals surface area contributed by atoms with E-state index in [4.69, 9.17) is 10.8 Å². The van der Waals surface area contributed by atoms with Gasteiger partial charge < -0.3 is 15.8 Å². The van der Waals surface area contributed by atoms with Crippen molar-refractivity contribution in [2.24, 2.45) is 17.8 Å². The number of carboxylic acids is 1. The van der Waals surface area contributed by atoms with Gasteiger partial charge in [0, 0.05) is 34.8 Å². The van der Waals surface area contributed by atoms with Crippen molar-refractivity contribution in [3.05, 3.63) is 90.6 Å². The summed E-state index contributed by atoms with van der Waals surface area (Å²) in [7, 11) is 0. The minimum absolute atomic E-state index is 0.00231. The first-order valence-corrected chi connectivity index (χ1v) is 13.9. The SMILES string of the molecule is Nc1cc(-c2ccc(-c3ccccc3)cc2)nc(-c2c[nH]c3c(F)cc(F)cc23)n1.O=C(O)C1CC2CCC1CC2. The van der Waals surface area contributed by atoms with Gasteiger partial charge in [-0.25, -0.2) is 18.7 Å². The van der Waals surface area contributed by atoms with Crippen LogP contribution in [-0.4, -0.2) is 26.0 Å². The number of fused-ring (bicyclic) bond motifs is 4. The second kappa shape index (κ2) is 11.1. The lowest BCUT2D eigenvalue weighted by Gasteiger charge is -2.40. The van der Waals surface area contributed by atoms with E-state index in [9.17, 15) is 13.6 Å². The molecule has 3 aliphatic carbocycles. The minimum Gasteiger partial charge on any atom is -0.481 e. The van der Waals surface area contributed by atoms with Gasteiger partial charge in [0.15, 0.2) is 5.82 Å². The molecule has 5 aromatic rings. The van der Waals surface area contributed by atoms with E-state index in [-0.39, 0.29) is 17.3 Å². The zero-order chi connectivity index (χ0) is 28.5. The van der Waals surface area contributed by atoms with Crippen molar-refractivity contribution in [1.29, 1.82) is 0 Å². The molecule has 2 heterocycles. The Hall–Kier alpha value is -4.59. The lowest BCUT2D eigenvalue weighted by atomic mass is 9.65. The summed E-state index contributed by atoms with van der Waals surface area (Å²) >= 11 is 0. The summed E-state index contributed by atoms with van der Waals surface area (Å²) in [5, 5.41) is 9.22. The first-order chi connectivity index (χ1) is 19.9. The molecule has 0 spiro atoms. The van der Waals surface area contributed by atoms with Crippen LogP contribution < -0.4 is 5.73 Å². The maximum Gasteiger partial charge on any atom is 0.306 e. The van der Waals surface area contributed by atoms with Crippen molar-refractivity contribution in [2.75, 3.05) is 5.73 Å². The third kappa shape index (κ3) is 5.55. The number of nitrogens with zero attached hydrogens (tertiary/aromatic N) is 2. The Morgan fingerprint density at radius 1 is 0.878 bits per heavy atom. The number of carboxylic acid groups (broad SMARTS) is 1. The van der Waals surface area contributed by atoms with E-state index in [1.165, 1.54) is 31.7 Å². The molecule has 2 aromatic heterocycles. The number of nitrogen functional groups attached to an aromatic ring is 1. The second-order valence-corrected chi connectivity index (χ2v) is 10.9. The van der Waals surface area contributed by atoms with Crippen LogP contribution in [0.15, 0.2) is 79.0 Å². The highest BCUT2D eigenvalue weighted by molar-refractivity contribution is 5.94. The number of carbonyl (C=O) groups is 1. The Bertz CT molecular complexity index is 1690. The number of aliphatic carboxylic acids is 1. The van der Waals surface area contributed by atoms with Gasteiger partial charge in [0.1, 0.15) is 17.5 Å². The number of benzene rings is 3. The third-order valence-electron chi connectivity index (χ3n) is 8.35. The minimum atomic E-state index is -0.670. The van der Waals surface area contributed by atoms with Crippen molar-refractivity contribution < 1.29 is 18.7 Å². The fourth-order valence-corrected chi connectivity index (χ4v) is 6.22. The molecular formula is C33H30F2N4O2. The molecule has 3 saturated carbocycles. The average molecular weight is 553 g/mol. The van der Waals surface area contributed by atoms with E-state index >= 15 is 0 Å². The first-order valence-electron chi connectivity index (χ1n) is 13.9. The van der Waals surface area contributed by atoms with Crippen LogP contribution >= 0.6 is 0 Å². The Morgan fingerprint density at radius 2 is 1.56 bits per heavy atom. The monoisotopic (exact) mass is 552 g/mol. The summed E-state index contributed by atoms with van der Waals surface area (Å²) in [6.07, 6.45) is 7.43. The maximum atomic E-state index is 14.0.